The van der Waals surface area contributed by atoms with Crippen molar-refractivity contribution in [2.45, 2.75) is 23.6 Å². The molecule has 12 N–H and O–H groups in total. The fourth-order valence-electron chi connectivity index (χ4n) is 5.65. The van der Waals surface area contributed by atoms with Crippen molar-refractivity contribution in [3.05, 3.63) is 96.1 Å². The highest BCUT2D eigenvalue weighted by atomic mass is 32.2. The van der Waals surface area contributed by atoms with Gasteiger partial charge in [0.1, 0.15) is 16.4 Å². The molecule has 0 bridgehead atoms. The molecule has 0 saturated heterocycles. The Bertz CT molecular complexity index is 2610. The first-order valence-corrected chi connectivity index (χ1v) is 21.8. The number of nitrogens with one attached hydrogen (secondary N) is 6. The SMILES string of the molecule is CCOc1ccc(Nc2nc(NCCN)nc(Nc3ccc(/C=C/c4ccc(Nc5nc(NCCN)nc(Nc6ccc(OCC)cc6)n5)cc4S(=O)(=O)O)c(SOOO)c3)n2)cc1. The molecule has 64 heavy (non-hydrogen) atoms. The monoisotopic (exact) mass is 914 g/mol. The second-order valence-corrected chi connectivity index (χ2v) is 15.1. The number of hydrogen-bond acceptors (Lipinski definition) is 22. The maximum Gasteiger partial charge on any atom is 0.295 e. The summed E-state index contributed by atoms with van der Waals surface area (Å²) in [6.45, 7) is 6.29. The van der Waals surface area contributed by atoms with Crippen LogP contribution < -0.4 is 52.8 Å². The number of ether oxygens (including phenoxy) is 2. The Morgan fingerprint density at radius 1 is 0.594 bits per heavy atom. The second-order valence-electron chi connectivity index (χ2n) is 13.0. The lowest BCUT2D eigenvalue weighted by molar-refractivity contribution is -0.432. The predicted molar refractivity (Wildman–Crippen MR) is 245 cm³/mol. The van der Waals surface area contributed by atoms with Gasteiger partial charge in [0.15, 0.2) is 0 Å². The van der Waals surface area contributed by atoms with Gasteiger partial charge in [0, 0.05) is 53.8 Å². The van der Waals surface area contributed by atoms with Crippen molar-refractivity contribution in [3.63, 3.8) is 0 Å². The summed E-state index contributed by atoms with van der Waals surface area (Å²) in [6.07, 6.45) is 3.07. The van der Waals surface area contributed by atoms with Crippen molar-refractivity contribution in [2.24, 2.45) is 11.5 Å². The van der Waals surface area contributed by atoms with Gasteiger partial charge in [-0.05, 0) is 97.8 Å². The van der Waals surface area contributed by atoms with E-state index in [2.05, 4.69) is 66.8 Å². The Labute approximate surface area is 372 Å². The Hall–Kier alpha value is -6.90. The topological polar surface area (TPSA) is 313 Å². The van der Waals surface area contributed by atoms with E-state index in [0.29, 0.717) is 84.7 Å². The number of benzene rings is 4. The third-order valence-corrected chi connectivity index (χ3v) is 9.95. The van der Waals surface area contributed by atoms with Crippen molar-refractivity contribution in [1.82, 2.24) is 29.9 Å². The van der Waals surface area contributed by atoms with E-state index in [1.165, 1.54) is 18.2 Å². The highest BCUT2D eigenvalue weighted by Gasteiger charge is 2.17. The molecule has 0 unspecified atom stereocenters. The molecule has 6 rings (SSSR count). The van der Waals surface area contributed by atoms with Crippen LogP contribution in [0.4, 0.5) is 58.4 Å². The van der Waals surface area contributed by atoms with E-state index in [1.807, 2.05) is 38.1 Å². The van der Waals surface area contributed by atoms with Gasteiger partial charge in [-0.15, -0.1) is 4.33 Å². The van der Waals surface area contributed by atoms with Gasteiger partial charge in [0.05, 0.1) is 25.3 Å². The molecule has 0 radical (unpaired) electrons. The van der Waals surface area contributed by atoms with Crippen molar-refractivity contribution in [3.8, 4) is 11.5 Å². The fourth-order valence-corrected chi connectivity index (χ4v) is 6.87. The average molecular weight is 915 g/mol. The van der Waals surface area contributed by atoms with Crippen LogP contribution in [-0.2, 0) is 19.5 Å². The maximum atomic E-state index is 12.7. The highest BCUT2D eigenvalue weighted by Crippen LogP contribution is 2.32. The van der Waals surface area contributed by atoms with Gasteiger partial charge in [-0.2, -0.15) is 38.3 Å². The Morgan fingerprint density at radius 2 is 1.00 bits per heavy atom. The van der Waals surface area contributed by atoms with Gasteiger partial charge in [-0.3, -0.25) is 4.55 Å². The summed E-state index contributed by atoms with van der Waals surface area (Å²) >= 11 is 0.669. The van der Waals surface area contributed by atoms with Crippen LogP contribution in [0.5, 0.6) is 11.5 Å². The predicted octanol–water partition coefficient (Wildman–Crippen LogP) is 6.42. The van der Waals surface area contributed by atoms with Crippen molar-refractivity contribution in [2.75, 3.05) is 71.3 Å². The summed E-state index contributed by atoms with van der Waals surface area (Å²) in [5.74, 6) is 2.54. The summed E-state index contributed by atoms with van der Waals surface area (Å²) < 4.78 is 51.6. The van der Waals surface area contributed by atoms with Gasteiger partial charge < -0.3 is 52.8 Å². The van der Waals surface area contributed by atoms with E-state index in [1.54, 1.807) is 54.6 Å². The van der Waals surface area contributed by atoms with Crippen LogP contribution in [0.2, 0.25) is 0 Å². The number of hydrogen-bond donors (Lipinski definition) is 10. The number of nitrogens with zero attached hydrogens (tertiary/aromatic N) is 6. The molecular weight excluding hydrogens is 869 g/mol. The summed E-state index contributed by atoms with van der Waals surface area (Å²) in [4.78, 5) is 26.7. The number of rotatable bonds is 24. The molecule has 24 heteroatoms. The summed E-state index contributed by atoms with van der Waals surface area (Å²) in [7, 11) is -4.76. The van der Waals surface area contributed by atoms with Crippen molar-refractivity contribution in [1.29, 1.82) is 0 Å². The fraction of sp³-hybridized carbons (Fsp3) is 0.200. The van der Waals surface area contributed by atoms with Gasteiger partial charge in [-0.1, -0.05) is 29.3 Å². The summed E-state index contributed by atoms with van der Waals surface area (Å²) in [6, 6.07) is 23.9. The van der Waals surface area contributed by atoms with Gasteiger partial charge in [0.25, 0.3) is 10.1 Å². The van der Waals surface area contributed by atoms with Crippen molar-refractivity contribution < 1.29 is 37.1 Å². The first-order valence-electron chi connectivity index (χ1n) is 19.6. The van der Waals surface area contributed by atoms with E-state index in [0.717, 1.165) is 5.75 Å². The van der Waals surface area contributed by atoms with Crippen LogP contribution in [0.1, 0.15) is 25.0 Å². The van der Waals surface area contributed by atoms with Crippen LogP contribution in [0, 0.1) is 0 Å². The molecule has 0 aliphatic carbocycles. The third kappa shape index (κ3) is 13.8. The standard InChI is InChI=1S/C40H46N14O8S2/c1-3-59-31-15-11-27(12-16-31)45-37-49-35(43-21-19-41)51-39(53-37)47-29-9-7-25(33(23-29)63-62-61-55)5-6-26-8-10-30(24-34(26)64(56,57)58)48-40-52-36(44-22-20-42)50-38(54-40)46-28-13-17-32(18-14-28)60-4-2/h5-18,23-24,55H,3-4,19-22,41-42H2,1-2H3,(H,56,57,58)(H3,43,45,47,49,51,53)(H3,44,46,48,50,52,54)/b6-5+. The first kappa shape index (κ1) is 46.6. The zero-order chi connectivity index (χ0) is 45.3. The molecule has 4 aromatic carbocycles. The molecular formula is C40H46N14O8S2. The summed E-state index contributed by atoms with van der Waals surface area (Å²) in [5.41, 5.74) is 14.1. The van der Waals surface area contributed by atoms with E-state index >= 15 is 0 Å². The Morgan fingerprint density at radius 3 is 1.44 bits per heavy atom. The van der Waals surface area contributed by atoms with Gasteiger partial charge >= 0.3 is 0 Å². The van der Waals surface area contributed by atoms with Crippen LogP contribution in [-0.4, -0.2) is 87.5 Å². The lowest BCUT2D eigenvalue weighted by atomic mass is 10.1. The molecule has 0 atom stereocenters. The first-order chi connectivity index (χ1) is 31.0. The summed E-state index contributed by atoms with van der Waals surface area (Å²) in [5, 5.41) is 31.3. The average Bonchev–Trinajstić information content (AvgIpc) is 3.28. The largest absolute Gasteiger partial charge is 0.494 e. The minimum Gasteiger partial charge on any atom is -0.494 e. The third-order valence-electron chi connectivity index (χ3n) is 8.38. The quantitative estimate of drug-likeness (QED) is 0.0103. The van der Waals surface area contributed by atoms with Crippen LogP contribution >= 0.6 is 12.0 Å². The molecule has 6 aromatic rings. The number of nitrogens with two attached hydrogens (primary N) is 2. The van der Waals surface area contributed by atoms with Crippen LogP contribution in [0.3, 0.4) is 0 Å². The number of aromatic nitrogens is 6. The Kier molecular flexibility index (Phi) is 16.7. The number of anilines is 10. The molecule has 2 heterocycles. The molecule has 0 spiro atoms. The van der Waals surface area contributed by atoms with E-state index in [-0.39, 0.29) is 46.9 Å². The normalized spacial score (nSPS) is 11.3. The second kappa shape index (κ2) is 23.0. The lowest BCUT2D eigenvalue weighted by Crippen LogP contribution is -2.16. The smallest absolute Gasteiger partial charge is 0.295 e. The van der Waals surface area contributed by atoms with Crippen molar-refractivity contribution >= 4 is 92.8 Å². The van der Waals surface area contributed by atoms with E-state index in [9.17, 15) is 13.0 Å². The van der Waals surface area contributed by atoms with Gasteiger partial charge in [-0.25, -0.2) is 5.26 Å². The van der Waals surface area contributed by atoms with Gasteiger partial charge in [0.2, 0.25) is 35.7 Å². The minimum atomic E-state index is -4.76. The lowest BCUT2D eigenvalue weighted by Gasteiger charge is -2.13. The molecule has 22 nitrogen and oxygen atoms in total. The molecule has 0 saturated carbocycles. The van der Waals surface area contributed by atoms with E-state index < -0.39 is 15.0 Å². The van der Waals surface area contributed by atoms with E-state index in [4.69, 9.17) is 30.5 Å². The molecule has 0 aliphatic heterocycles. The zero-order valence-electron chi connectivity index (χ0n) is 34.5. The Balaban J connectivity index is 1.23. The molecule has 0 amide bonds. The van der Waals surface area contributed by atoms with Crippen LogP contribution in [0.15, 0.2) is 94.7 Å². The zero-order valence-corrected chi connectivity index (χ0v) is 36.1. The molecule has 2 aromatic heterocycles. The maximum absolute atomic E-state index is 12.7. The molecule has 0 fully saturated rings. The van der Waals surface area contributed by atoms with Crippen LogP contribution in [0.25, 0.3) is 12.2 Å². The molecule has 0 aliphatic rings. The minimum absolute atomic E-state index is 0.0642. The molecule has 336 valence electrons. The highest BCUT2D eigenvalue weighted by molar-refractivity contribution is 7.94.